The lowest BCUT2D eigenvalue weighted by Gasteiger charge is -2.46. The van der Waals surface area contributed by atoms with Crippen molar-refractivity contribution in [3.8, 4) is 5.75 Å². The lowest BCUT2D eigenvalue weighted by Crippen LogP contribution is -2.56. The van der Waals surface area contributed by atoms with E-state index in [-0.39, 0.29) is 6.04 Å². The van der Waals surface area contributed by atoms with Crippen molar-refractivity contribution in [1.82, 2.24) is 19.8 Å². The van der Waals surface area contributed by atoms with Crippen molar-refractivity contribution in [3.05, 3.63) is 66.5 Å². The third kappa shape index (κ3) is 5.73. The summed E-state index contributed by atoms with van der Waals surface area (Å²) in [6.45, 7) is 8.64. The Bertz CT molecular complexity index is 1270. The van der Waals surface area contributed by atoms with Crippen LogP contribution in [-0.4, -0.2) is 85.3 Å². The molecule has 9 nitrogen and oxygen atoms in total. The monoisotopic (exact) mass is 543 g/mol. The first-order chi connectivity index (χ1) is 19.6. The van der Waals surface area contributed by atoms with E-state index in [0.717, 1.165) is 43.3 Å². The highest BCUT2D eigenvalue weighted by Gasteiger charge is 2.31. The molecule has 212 valence electrons. The zero-order valence-corrected chi connectivity index (χ0v) is 23.9. The molecule has 3 aromatic rings. The first-order valence-corrected chi connectivity index (χ1v) is 14.5. The van der Waals surface area contributed by atoms with Crippen molar-refractivity contribution in [2.24, 2.45) is 0 Å². The van der Waals surface area contributed by atoms with Crippen LogP contribution >= 0.6 is 0 Å². The zero-order chi connectivity index (χ0) is 27.5. The largest absolute Gasteiger partial charge is 0.494 e. The molecule has 6 rings (SSSR count). The number of hydrogen-bond acceptors (Lipinski definition) is 9. The van der Waals surface area contributed by atoms with Gasteiger partial charge in [-0.2, -0.15) is 0 Å². The smallest absolute Gasteiger partial charge is 0.158 e. The van der Waals surface area contributed by atoms with Gasteiger partial charge in [0, 0.05) is 56.0 Å². The lowest BCUT2D eigenvalue weighted by atomic mass is 10.0. The van der Waals surface area contributed by atoms with E-state index >= 15 is 0 Å². The van der Waals surface area contributed by atoms with Gasteiger partial charge in [0.1, 0.15) is 17.9 Å². The highest BCUT2D eigenvalue weighted by atomic mass is 16.7. The number of piperidine rings is 1. The topological polar surface area (TPSA) is 69.2 Å². The molecule has 2 aromatic carbocycles. The first-order valence-electron chi connectivity index (χ1n) is 14.5. The molecule has 1 N–H and O–H groups in total. The second kappa shape index (κ2) is 12.0. The number of hydrogen-bond donors (Lipinski definition) is 1. The summed E-state index contributed by atoms with van der Waals surface area (Å²) in [5, 5.41) is 5.35. The Labute approximate surface area is 237 Å². The van der Waals surface area contributed by atoms with E-state index in [4.69, 9.17) is 9.57 Å². The molecule has 4 heterocycles. The summed E-state index contributed by atoms with van der Waals surface area (Å²) in [4.78, 5) is 22.6. The maximum atomic E-state index is 5.98. The van der Waals surface area contributed by atoms with Gasteiger partial charge in [-0.3, -0.25) is 9.74 Å². The Balaban J connectivity index is 1.14. The molecular formula is C31H41N7O2. The molecule has 0 aliphatic carbocycles. The van der Waals surface area contributed by atoms with Gasteiger partial charge in [0.2, 0.25) is 0 Å². The summed E-state index contributed by atoms with van der Waals surface area (Å²) in [6.07, 6.45) is 5.04. The number of rotatable bonds is 7. The number of benzene rings is 2. The number of likely N-dealkylation sites (tertiary alicyclic amines) is 1. The molecule has 3 fully saturated rings. The maximum Gasteiger partial charge on any atom is 0.158 e. The molecule has 0 radical (unpaired) electrons. The molecule has 0 unspecified atom stereocenters. The number of anilines is 4. The van der Waals surface area contributed by atoms with E-state index in [2.05, 4.69) is 86.4 Å². The van der Waals surface area contributed by atoms with Gasteiger partial charge < -0.3 is 19.9 Å². The standard InChI is InChI=1S/C31H41N7O2/c1-23-21-36(25-11-14-35(2)15-12-25)16-17-37(23)26-9-10-27(29(19-26)39-3)34-30-20-31(33-22-32-30)38-28(13-18-40-38)24-7-5-4-6-8-24/h4-10,19-20,22-23,25,28H,11-18,21H2,1-3H3,(H,32,33,34)/t23-,28-/m1/s1. The molecule has 3 saturated heterocycles. The Hall–Kier alpha value is -3.40. The predicted molar refractivity (Wildman–Crippen MR) is 159 cm³/mol. The van der Waals surface area contributed by atoms with Crippen LogP contribution in [0.4, 0.5) is 23.0 Å². The third-order valence-electron chi connectivity index (χ3n) is 8.61. The quantitative estimate of drug-likeness (QED) is 0.456. The molecule has 3 aliphatic rings. The lowest BCUT2D eigenvalue weighted by molar-refractivity contribution is 0.104. The van der Waals surface area contributed by atoms with E-state index in [1.807, 2.05) is 17.2 Å². The zero-order valence-electron chi connectivity index (χ0n) is 23.9. The van der Waals surface area contributed by atoms with Gasteiger partial charge in [-0.15, -0.1) is 0 Å². The van der Waals surface area contributed by atoms with E-state index in [9.17, 15) is 0 Å². The molecule has 1 aromatic heterocycles. The highest BCUT2D eigenvalue weighted by molar-refractivity contribution is 5.70. The van der Waals surface area contributed by atoms with Crippen molar-refractivity contribution in [2.75, 3.05) is 68.8 Å². The van der Waals surface area contributed by atoms with E-state index in [1.54, 1.807) is 13.4 Å². The molecule has 2 atom stereocenters. The van der Waals surface area contributed by atoms with Crippen LogP contribution in [0.25, 0.3) is 0 Å². The van der Waals surface area contributed by atoms with E-state index < -0.39 is 0 Å². The average molecular weight is 544 g/mol. The number of methoxy groups -OCH3 is 1. The van der Waals surface area contributed by atoms with Gasteiger partial charge in [0.25, 0.3) is 0 Å². The number of nitrogens with one attached hydrogen (secondary N) is 1. The van der Waals surface area contributed by atoms with E-state index in [1.165, 1.54) is 37.2 Å². The third-order valence-corrected chi connectivity index (χ3v) is 8.61. The highest BCUT2D eigenvalue weighted by Crippen LogP contribution is 2.36. The number of ether oxygens (including phenoxy) is 1. The van der Waals surface area contributed by atoms with Gasteiger partial charge in [-0.25, -0.2) is 15.0 Å². The molecule has 0 saturated carbocycles. The van der Waals surface area contributed by atoms with Crippen LogP contribution in [0.3, 0.4) is 0 Å². The van der Waals surface area contributed by atoms with Gasteiger partial charge in [-0.1, -0.05) is 30.3 Å². The minimum Gasteiger partial charge on any atom is -0.494 e. The van der Waals surface area contributed by atoms with Gasteiger partial charge in [-0.05, 0) is 57.6 Å². The fraction of sp³-hybridized carbons (Fsp3) is 0.484. The van der Waals surface area contributed by atoms with Crippen LogP contribution in [0.5, 0.6) is 5.75 Å². The summed E-state index contributed by atoms with van der Waals surface area (Å²) in [6, 6.07) is 20.0. The molecule has 40 heavy (non-hydrogen) atoms. The Morgan fingerprint density at radius 3 is 2.55 bits per heavy atom. The van der Waals surface area contributed by atoms with Crippen molar-refractivity contribution in [2.45, 2.75) is 44.3 Å². The van der Waals surface area contributed by atoms with Crippen LogP contribution in [0, 0.1) is 0 Å². The second-order valence-corrected chi connectivity index (χ2v) is 11.2. The summed E-state index contributed by atoms with van der Waals surface area (Å²) < 4.78 is 5.83. The van der Waals surface area contributed by atoms with Crippen molar-refractivity contribution in [1.29, 1.82) is 0 Å². The Morgan fingerprint density at radius 2 is 1.77 bits per heavy atom. The molecule has 0 spiro atoms. The van der Waals surface area contributed by atoms with Gasteiger partial charge >= 0.3 is 0 Å². The number of nitrogens with zero attached hydrogens (tertiary/aromatic N) is 6. The molecular weight excluding hydrogens is 502 g/mol. The first kappa shape index (κ1) is 26.8. The molecule has 9 heteroatoms. The fourth-order valence-corrected chi connectivity index (χ4v) is 6.37. The Kier molecular flexibility index (Phi) is 8.04. The summed E-state index contributed by atoms with van der Waals surface area (Å²) >= 11 is 0. The van der Waals surface area contributed by atoms with Crippen molar-refractivity contribution >= 4 is 23.0 Å². The van der Waals surface area contributed by atoms with Crippen LogP contribution in [0.2, 0.25) is 0 Å². The number of aromatic nitrogens is 2. The molecule has 0 bridgehead atoms. The number of piperazine rings is 1. The van der Waals surface area contributed by atoms with Gasteiger partial charge in [0.05, 0.1) is 25.4 Å². The summed E-state index contributed by atoms with van der Waals surface area (Å²) in [5.41, 5.74) is 3.28. The van der Waals surface area contributed by atoms with Crippen molar-refractivity contribution in [3.63, 3.8) is 0 Å². The second-order valence-electron chi connectivity index (χ2n) is 11.2. The molecule has 3 aliphatic heterocycles. The minimum absolute atomic E-state index is 0.125. The van der Waals surface area contributed by atoms with Gasteiger partial charge in [0.15, 0.2) is 5.82 Å². The van der Waals surface area contributed by atoms with Crippen molar-refractivity contribution < 1.29 is 9.57 Å². The number of hydroxylamine groups is 1. The van der Waals surface area contributed by atoms with Crippen LogP contribution in [-0.2, 0) is 4.84 Å². The van der Waals surface area contributed by atoms with Crippen LogP contribution in [0.1, 0.15) is 37.8 Å². The molecule has 0 amide bonds. The SMILES string of the molecule is COc1cc(N2CCN(C3CCN(C)CC3)C[C@H]2C)ccc1Nc1cc(N2OCC[C@@H]2c2ccccc2)ncn1. The maximum absolute atomic E-state index is 5.98. The summed E-state index contributed by atoms with van der Waals surface area (Å²) in [5.74, 6) is 2.22. The van der Waals surface area contributed by atoms with Crippen LogP contribution in [0.15, 0.2) is 60.9 Å². The minimum atomic E-state index is 0.125. The predicted octanol–water partition coefficient (Wildman–Crippen LogP) is 4.72. The summed E-state index contributed by atoms with van der Waals surface area (Å²) in [7, 11) is 3.95. The average Bonchev–Trinajstić information content (AvgIpc) is 3.49. The fourth-order valence-electron chi connectivity index (χ4n) is 6.37. The van der Waals surface area contributed by atoms with Crippen LogP contribution < -0.4 is 20.0 Å². The Morgan fingerprint density at radius 1 is 0.950 bits per heavy atom. The normalized spacial score (nSPS) is 23.0. The van der Waals surface area contributed by atoms with E-state index in [0.29, 0.717) is 24.5 Å².